The fourth-order valence-corrected chi connectivity index (χ4v) is 4.56. The van der Waals surface area contributed by atoms with E-state index in [1.165, 1.54) is 9.78 Å². The van der Waals surface area contributed by atoms with Gasteiger partial charge in [0.05, 0.1) is 18.2 Å². The molecule has 2 heterocycles. The Balaban J connectivity index is 1.48. The molecule has 0 spiro atoms. The van der Waals surface area contributed by atoms with Crippen LogP contribution in [0.4, 0.5) is 18.0 Å². The van der Waals surface area contributed by atoms with Crippen LogP contribution in [0.1, 0.15) is 41.8 Å². The minimum atomic E-state index is -4.15. The zero-order chi connectivity index (χ0) is 17.3. The summed E-state index contributed by atoms with van der Waals surface area (Å²) in [5.74, 6) is -0.607. The van der Waals surface area contributed by atoms with Crippen molar-refractivity contribution in [1.82, 2.24) is 15.2 Å². The van der Waals surface area contributed by atoms with Crippen LogP contribution < -0.4 is 5.32 Å². The van der Waals surface area contributed by atoms with E-state index in [9.17, 15) is 18.0 Å². The first kappa shape index (κ1) is 17.5. The molecule has 1 aliphatic heterocycles. The highest BCUT2D eigenvalue weighted by molar-refractivity contribution is 7.11. The molecule has 1 aromatic heterocycles. The van der Waals surface area contributed by atoms with Crippen molar-refractivity contribution in [1.29, 1.82) is 0 Å². The van der Waals surface area contributed by atoms with Crippen molar-refractivity contribution in [3.05, 3.63) is 15.6 Å². The SMILES string of the molecule is CC1CCc2nc(CNC(=O)N3CCC(C(F)(F)F)CC3)sc2C1. The van der Waals surface area contributed by atoms with E-state index in [1.54, 1.807) is 11.3 Å². The second kappa shape index (κ2) is 6.90. The molecule has 4 nitrogen and oxygen atoms in total. The number of thiazole rings is 1. The van der Waals surface area contributed by atoms with Gasteiger partial charge < -0.3 is 10.2 Å². The summed E-state index contributed by atoms with van der Waals surface area (Å²) in [5.41, 5.74) is 1.15. The van der Waals surface area contributed by atoms with E-state index in [1.807, 2.05) is 0 Å². The Morgan fingerprint density at radius 2 is 2.04 bits per heavy atom. The van der Waals surface area contributed by atoms with Crippen molar-refractivity contribution in [2.75, 3.05) is 13.1 Å². The maximum absolute atomic E-state index is 12.7. The molecule has 24 heavy (non-hydrogen) atoms. The van der Waals surface area contributed by atoms with Gasteiger partial charge in [-0.3, -0.25) is 0 Å². The predicted molar refractivity (Wildman–Crippen MR) is 85.9 cm³/mol. The van der Waals surface area contributed by atoms with E-state index >= 15 is 0 Å². The smallest absolute Gasteiger partial charge is 0.331 e. The maximum atomic E-state index is 12.7. The standard InChI is InChI=1S/C16H22F3N3OS/c1-10-2-3-12-13(8-10)24-14(21-12)9-20-15(23)22-6-4-11(5-7-22)16(17,18)19/h10-11H,2-9H2,1H3,(H,20,23). The number of hydrogen-bond acceptors (Lipinski definition) is 3. The number of rotatable bonds is 2. The molecule has 0 aromatic carbocycles. The first-order valence-corrected chi connectivity index (χ1v) is 9.21. The number of urea groups is 1. The van der Waals surface area contributed by atoms with Gasteiger partial charge in [-0.1, -0.05) is 6.92 Å². The molecule has 2 amide bonds. The Kier molecular flexibility index (Phi) is 5.03. The average Bonchev–Trinajstić information content (AvgIpc) is 2.94. The summed E-state index contributed by atoms with van der Waals surface area (Å²) in [7, 11) is 0. The van der Waals surface area contributed by atoms with Gasteiger partial charge in [-0.2, -0.15) is 13.2 Å². The zero-order valence-electron chi connectivity index (χ0n) is 13.7. The molecule has 0 radical (unpaired) electrons. The van der Waals surface area contributed by atoms with Crippen molar-refractivity contribution in [2.45, 2.75) is 51.7 Å². The molecular formula is C16H22F3N3OS. The van der Waals surface area contributed by atoms with Crippen LogP contribution in [0.15, 0.2) is 0 Å². The number of piperidine rings is 1. The van der Waals surface area contributed by atoms with E-state index in [-0.39, 0.29) is 32.0 Å². The van der Waals surface area contributed by atoms with Crippen molar-refractivity contribution in [2.24, 2.45) is 11.8 Å². The van der Waals surface area contributed by atoms with Gasteiger partial charge in [0.1, 0.15) is 5.01 Å². The minimum Gasteiger partial charge on any atom is -0.331 e. The van der Waals surface area contributed by atoms with Crippen molar-refractivity contribution in [3.63, 3.8) is 0 Å². The minimum absolute atomic E-state index is 0.0135. The number of carbonyl (C=O) groups is 1. The van der Waals surface area contributed by atoms with Crippen LogP contribution in [-0.4, -0.2) is 35.2 Å². The fraction of sp³-hybridized carbons (Fsp3) is 0.750. The molecule has 1 unspecified atom stereocenters. The summed E-state index contributed by atoms with van der Waals surface area (Å²) in [6.07, 6.45) is -0.991. The molecule has 1 aromatic rings. The lowest BCUT2D eigenvalue weighted by atomic mass is 9.93. The van der Waals surface area contributed by atoms with Gasteiger partial charge in [0, 0.05) is 18.0 Å². The van der Waals surface area contributed by atoms with Crippen molar-refractivity contribution >= 4 is 17.4 Å². The van der Waals surface area contributed by atoms with Crippen LogP contribution in [0.25, 0.3) is 0 Å². The Morgan fingerprint density at radius 3 is 2.71 bits per heavy atom. The number of fused-ring (bicyclic) bond motifs is 1. The number of nitrogens with zero attached hydrogens (tertiary/aromatic N) is 2. The number of carbonyl (C=O) groups excluding carboxylic acids is 1. The molecule has 0 saturated carbocycles. The summed E-state index contributed by atoms with van der Waals surface area (Å²) in [6.45, 7) is 2.89. The summed E-state index contributed by atoms with van der Waals surface area (Å²) in [6, 6.07) is -0.294. The fourth-order valence-electron chi connectivity index (χ4n) is 3.34. The van der Waals surface area contributed by atoms with Crippen molar-refractivity contribution in [3.8, 4) is 0 Å². The highest BCUT2D eigenvalue weighted by Crippen LogP contribution is 2.34. The van der Waals surface area contributed by atoms with E-state index < -0.39 is 12.1 Å². The predicted octanol–water partition coefficient (Wildman–Crippen LogP) is 3.75. The molecule has 3 rings (SSSR count). The van der Waals surface area contributed by atoms with Gasteiger partial charge >= 0.3 is 12.2 Å². The summed E-state index contributed by atoms with van der Waals surface area (Å²) in [5, 5.41) is 3.68. The number of aryl methyl sites for hydroxylation is 1. The molecule has 0 bridgehead atoms. The lowest BCUT2D eigenvalue weighted by Gasteiger charge is -2.32. The normalized spacial score (nSPS) is 22.3. The first-order chi connectivity index (χ1) is 11.3. The number of hydrogen-bond donors (Lipinski definition) is 1. The van der Waals surface area contributed by atoms with E-state index in [4.69, 9.17) is 0 Å². The third kappa shape index (κ3) is 4.02. The van der Waals surface area contributed by atoms with E-state index in [0.29, 0.717) is 12.5 Å². The van der Waals surface area contributed by atoms with Crippen LogP contribution in [0, 0.1) is 11.8 Å². The first-order valence-electron chi connectivity index (χ1n) is 8.40. The largest absolute Gasteiger partial charge is 0.391 e. The topological polar surface area (TPSA) is 45.2 Å². The van der Waals surface area contributed by atoms with Crippen LogP contribution in [0.5, 0.6) is 0 Å². The Hall–Kier alpha value is -1.31. The Bertz CT molecular complexity index is 594. The third-order valence-electron chi connectivity index (χ3n) is 4.87. The summed E-state index contributed by atoms with van der Waals surface area (Å²) >= 11 is 1.64. The molecule has 1 saturated heterocycles. The molecule has 8 heteroatoms. The van der Waals surface area contributed by atoms with Crippen LogP contribution in [0.3, 0.4) is 0 Å². The van der Waals surface area contributed by atoms with Crippen LogP contribution >= 0.6 is 11.3 Å². The Morgan fingerprint density at radius 1 is 1.33 bits per heavy atom. The number of amides is 2. The molecule has 1 N–H and O–H groups in total. The quantitative estimate of drug-likeness (QED) is 0.872. The van der Waals surface area contributed by atoms with Gasteiger partial charge in [-0.25, -0.2) is 9.78 Å². The second-order valence-electron chi connectivity index (χ2n) is 6.79. The lowest BCUT2D eigenvalue weighted by molar-refractivity contribution is -0.183. The maximum Gasteiger partial charge on any atom is 0.391 e. The number of aromatic nitrogens is 1. The molecule has 2 aliphatic rings. The van der Waals surface area contributed by atoms with Crippen molar-refractivity contribution < 1.29 is 18.0 Å². The molecule has 1 aliphatic carbocycles. The summed E-state index contributed by atoms with van der Waals surface area (Å²) < 4.78 is 38.0. The summed E-state index contributed by atoms with van der Waals surface area (Å²) in [4.78, 5) is 19.5. The highest BCUT2D eigenvalue weighted by atomic mass is 32.1. The molecule has 134 valence electrons. The lowest BCUT2D eigenvalue weighted by Crippen LogP contribution is -2.46. The number of halogens is 3. The van der Waals surface area contributed by atoms with Gasteiger partial charge in [0.25, 0.3) is 0 Å². The number of nitrogens with one attached hydrogen (secondary N) is 1. The second-order valence-corrected chi connectivity index (χ2v) is 7.96. The highest BCUT2D eigenvalue weighted by Gasteiger charge is 2.41. The van der Waals surface area contributed by atoms with Gasteiger partial charge in [-0.15, -0.1) is 11.3 Å². The van der Waals surface area contributed by atoms with Crippen LogP contribution in [-0.2, 0) is 19.4 Å². The van der Waals surface area contributed by atoms with Crippen LogP contribution in [0.2, 0.25) is 0 Å². The van der Waals surface area contributed by atoms with E-state index in [2.05, 4.69) is 17.2 Å². The van der Waals surface area contributed by atoms with Gasteiger partial charge in [0.2, 0.25) is 0 Å². The molecular weight excluding hydrogens is 339 g/mol. The monoisotopic (exact) mass is 361 g/mol. The zero-order valence-corrected chi connectivity index (χ0v) is 14.5. The third-order valence-corrected chi connectivity index (χ3v) is 5.99. The molecule has 1 atom stereocenters. The van der Waals surface area contributed by atoms with Gasteiger partial charge in [-0.05, 0) is 38.0 Å². The van der Waals surface area contributed by atoms with E-state index in [0.717, 1.165) is 30.0 Å². The number of alkyl halides is 3. The average molecular weight is 361 g/mol. The Labute approximate surface area is 143 Å². The van der Waals surface area contributed by atoms with Gasteiger partial charge in [0.15, 0.2) is 0 Å². The number of likely N-dealkylation sites (tertiary alicyclic amines) is 1. The molecule has 1 fully saturated rings.